The van der Waals surface area contributed by atoms with E-state index in [2.05, 4.69) is 9.97 Å². The van der Waals surface area contributed by atoms with E-state index in [0.29, 0.717) is 21.5 Å². The number of hydrogen-bond donors (Lipinski definition) is 0. The number of halogens is 1. The van der Waals surface area contributed by atoms with Crippen molar-refractivity contribution in [2.75, 3.05) is 6.26 Å². The Morgan fingerprint density at radius 1 is 1.17 bits per heavy atom. The Balaban J connectivity index is 2.30. The van der Waals surface area contributed by atoms with Gasteiger partial charge < -0.3 is 0 Å². The van der Waals surface area contributed by atoms with Gasteiger partial charge in [-0.3, -0.25) is 9.36 Å². The lowest BCUT2D eigenvalue weighted by Crippen LogP contribution is -2.20. The fourth-order valence-corrected chi connectivity index (χ4v) is 2.87. The molecule has 0 atom stereocenters. The molecule has 0 bridgehead atoms. The van der Waals surface area contributed by atoms with Crippen molar-refractivity contribution in [1.82, 2.24) is 14.5 Å². The lowest BCUT2D eigenvalue weighted by atomic mass is 10.1. The second kappa shape index (κ2) is 5.43. The van der Waals surface area contributed by atoms with E-state index in [0.717, 1.165) is 6.26 Å². The van der Waals surface area contributed by atoms with Gasteiger partial charge in [0.25, 0.3) is 5.56 Å². The average molecular weight is 350 g/mol. The lowest BCUT2D eigenvalue weighted by molar-refractivity contribution is 0.593. The van der Waals surface area contributed by atoms with Crippen LogP contribution in [0.15, 0.2) is 46.5 Å². The number of aryl methyl sites for hydroxylation is 1. The first-order valence-corrected chi connectivity index (χ1v) is 8.87. The maximum Gasteiger partial charge on any atom is 0.259 e. The summed E-state index contributed by atoms with van der Waals surface area (Å²) >= 11 is 5.87. The van der Waals surface area contributed by atoms with Crippen LogP contribution in [-0.4, -0.2) is 29.2 Å². The van der Waals surface area contributed by atoms with E-state index in [9.17, 15) is 13.2 Å². The minimum atomic E-state index is -3.54. The Morgan fingerprint density at radius 3 is 2.43 bits per heavy atom. The molecule has 3 aromatic rings. The minimum Gasteiger partial charge on any atom is -0.295 e. The Bertz CT molecular complexity index is 1070. The Hall–Kier alpha value is -2.25. The topological polar surface area (TPSA) is 81.9 Å². The molecule has 0 spiro atoms. The van der Waals surface area contributed by atoms with Crippen LogP contribution in [0.2, 0.25) is 5.02 Å². The third-order valence-corrected chi connectivity index (χ3v) is 4.53. The van der Waals surface area contributed by atoms with Crippen LogP contribution in [0.5, 0.6) is 0 Å². The summed E-state index contributed by atoms with van der Waals surface area (Å²) in [6.45, 7) is 0. The first-order valence-electron chi connectivity index (χ1n) is 6.60. The highest BCUT2D eigenvalue weighted by atomic mass is 35.5. The second-order valence-corrected chi connectivity index (χ2v) is 7.48. The van der Waals surface area contributed by atoms with Gasteiger partial charge in [-0.25, -0.2) is 13.4 Å². The number of sulfone groups is 1. The molecule has 0 unspecified atom stereocenters. The largest absolute Gasteiger partial charge is 0.295 e. The summed E-state index contributed by atoms with van der Waals surface area (Å²) in [5, 5.41) is 0.844. The van der Waals surface area contributed by atoms with Crippen LogP contribution < -0.4 is 5.56 Å². The van der Waals surface area contributed by atoms with Crippen molar-refractivity contribution in [3.63, 3.8) is 0 Å². The molecule has 6 nitrogen and oxygen atoms in total. The molecule has 0 N–H and O–H groups in total. The summed E-state index contributed by atoms with van der Waals surface area (Å²) in [7, 11) is -2.00. The van der Waals surface area contributed by atoms with Crippen LogP contribution in [0.3, 0.4) is 0 Å². The van der Waals surface area contributed by atoms with E-state index in [1.807, 2.05) is 0 Å². The number of hydrogen-bond acceptors (Lipinski definition) is 5. The molecule has 23 heavy (non-hydrogen) atoms. The normalized spacial score (nSPS) is 11.8. The standard InChI is InChI=1S/C15H12ClN3O3S/c1-19-13-10(8-17-15(18-13)23(2,21)22)7-12(14(19)20)9-3-5-11(16)6-4-9/h3-8H,1-2H3. The molecule has 0 amide bonds. The number of rotatable bonds is 2. The molecule has 0 saturated heterocycles. The van der Waals surface area contributed by atoms with Gasteiger partial charge in [-0.1, -0.05) is 23.7 Å². The fourth-order valence-electron chi connectivity index (χ4n) is 2.25. The van der Waals surface area contributed by atoms with Gasteiger partial charge in [0.2, 0.25) is 15.0 Å². The molecule has 2 heterocycles. The van der Waals surface area contributed by atoms with Crippen LogP contribution >= 0.6 is 11.6 Å². The van der Waals surface area contributed by atoms with E-state index >= 15 is 0 Å². The fraction of sp³-hybridized carbons (Fsp3) is 0.133. The highest BCUT2D eigenvalue weighted by Gasteiger charge is 2.15. The number of fused-ring (bicyclic) bond motifs is 1. The van der Waals surface area contributed by atoms with Crippen molar-refractivity contribution >= 4 is 32.5 Å². The molecule has 8 heteroatoms. The second-order valence-electron chi connectivity index (χ2n) is 5.13. The first-order chi connectivity index (χ1) is 10.8. The van der Waals surface area contributed by atoms with Gasteiger partial charge in [0, 0.05) is 35.5 Å². The van der Waals surface area contributed by atoms with Crippen molar-refractivity contribution in [3.05, 3.63) is 51.9 Å². The van der Waals surface area contributed by atoms with Gasteiger partial charge in [-0.2, -0.15) is 4.98 Å². The highest BCUT2D eigenvalue weighted by Crippen LogP contribution is 2.22. The molecule has 0 aliphatic carbocycles. The van der Waals surface area contributed by atoms with Gasteiger partial charge in [0.15, 0.2) is 0 Å². The summed E-state index contributed by atoms with van der Waals surface area (Å²) in [6, 6.07) is 8.54. The van der Waals surface area contributed by atoms with Crippen molar-refractivity contribution in [2.24, 2.45) is 7.05 Å². The highest BCUT2D eigenvalue weighted by molar-refractivity contribution is 7.90. The SMILES string of the molecule is Cn1c(=O)c(-c2ccc(Cl)cc2)cc2cnc(S(C)(=O)=O)nc21. The zero-order chi connectivity index (χ0) is 16.8. The van der Waals surface area contributed by atoms with Gasteiger partial charge in [0.1, 0.15) is 5.65 Å². The Kier molecular flexibility index (Phi) is 3.69. The summed E-state index contributed by atoms with van der Waals surface area (Å²) in [4.78, 5) is 20.4. The zero-order valence-electron chi connectivity index (χ0n) is 12.3. The van der Waals surface area contributed by atoms with Crippen LogP contribution in [0.25, 0.3) is 22.2 Å². The lowest BCUT2D eigenvalue weighted by Gasteiger charge is -2.09. The summed E-state index contributed by atoms with van der Waals surface area (Å²) < 4.78 is 24.5. The van der Waals surface area contributed by atoms with Crippen LogP contribution in [0.4, 0.5) is 0 Å². The molecule has 2 aromatic heterocycles. The maximum atomic E-state index is 12.5. The predicted octanol–water partition coefficient (Wildman–Crippen LogP) is 2.05. The molecule has 0 aliphatic rings. The number of aromatic nitrogens is 3. The number of pyridine rings is 1. The molecule has 1 aromatic carbocycles. The molecule has 0 fully saturated rings. The Morgan fingerprint density at radius 2 is 1.83 bits per heavy atom. The molecular formula is C15H12ClN3O3S. The third-order valence-electron chi connectivity index (χ3n) is 3.41. The average Bonchev–Trinajstić information content (AvgIpc) is 2.50. The van der Waals surface area contributed by atoms with Gasteiger partial charge in [-0.05, 0) is 23.8 Å². The number of benzene rings is 1. The van der Waals surface area contributed by atoms with Gasteiger partial charge in [-0.15, -0.1) is 0 Å². The van der Waals surface area contributed by atoms with E-state index in [1.54, 1.807) is 37.4 Å². The van der Waals surface area contributed by atoms with Crippen LogP contribution in [-0.2, 0) is 16.9 Å². The molecule has 118 valence electrons. The molecule has 3 rings (SSSR count). The van der Waals surface area contributed by atoms with Crippen LogP contribution in [0, 0.1) is 0 Å². The first kappa shape index (κ1) is 15.6. The molecule has 0 saturated carbocycles. The molecule has 0 aliphatic heterocycles. The molecular weight excluding hydrogens is 338 g/mol. The van der Waals surface area contributed by atoms with Gasteiger partial charge >= 0.3 is 0 Å². The summed E-state index contributed by atoms with van der Waals surface area (Å²) in [5.41, 5.74) is 1.16. The molecule has 0 radical (unpaired) electrons. The van der Waals surface area contributed by atoms with Crippen molar-refractivity contribution in [1.29, 1.82) is 0 Å². The van der Waals surface area contributed by atoms with Crippen molar-refractivity contribution in [2.45, 2.75) is 5.16 Å². The van der Waals surface area contributed by atoms with Crippen LogP contribution in [0.1, 0.15) is 0 Å². The quantitative estimate of drug-likeness (QED) is 0.661. The Labute approximate surface area is 137 Å². The van der Waals surface area contributed by atoms with E-state index < -0.39 is 9.84 Å². The third kappa shape index (κ3) is 2.85. The van der Waals surface area contributed by atoms with Crippen molar-refractivity contribution < 1.29 is 8.42 Å². The zero-order valence-corrected chi connectivity index (χ0v) is 13.9. The van der Waals surface area contributed by atoms with E-state index in [-0.39, 0.29) is 16.4 Å². The maximum absolute atomic E-state index is 12.5. The predicted molar refractivity (Wildman–Crippen MR) is 88.3 cm³/mol. The van der Waals surface area contributed by atoms with Crippen molar-refractivity contribution in [3.8, 4) is 11.1 Å². The number of nitrogens with zero attached hydrogens (tertiary/aromatic N) is 3. The van der Waals surface area contributed by atoms with E-state index in [1.165, 1.54) is 10.8 Å². The summed E-state index contributed by atoms with van der Waals surface area (Å²) in [6.07, 6.45) is 2.42. The summed E-state index contributed by atoms with van der Waals surface area (Å²) in [5.74, 6) is 0. The van der Waals surface area contributed by atoms with E-state index in [4.69, 9.17) is 11.6 Å². The van der Waals surface area contributed by atoms with Gasteiger partial charge in [0.05, 0.1) is 0 Å². The smallest absolute Gasteiger partial charge is 0.259 e. The monoisotopic (exact) mass is 349 g/mol. The minimum absolute atomic E-state index is 0.267.